The van der Waals surface area contributed by atoms with Crippen LogP contribution in [0.4, 0.5) is 19.2 Å². The van der Waals surface area contributed by atoms with Crippen molar-refractivity contribution in [2.24, 2.45) is 32.5 Å². The summed E-state index contributed by atoms with van der Waals surface area (Å²) in [4.78, 5) is 112. The van der Waals surface area contributed by atoms with Crippen molar-refractivity contribution in [2.45, 2.75) is 279 Å². The molecular formula is C71H123N3O20Si2. The zero-order chi connectivity index (χ0) is 71.9. The van der Waals surface area contributed by atoms with Gasteiger partial charge >= 0.3 is 54.3 Å². The van der Waals surface area contributed by atoms with E-state index in [0.29, 0.717) is 83.5 Å². The quantitative estimate of drug-likeness (QED) is 0.0168. The number of carbonyl (C=O) groups excluding carboxylic acids is 9. The maximum absolute atomic E-state index is 13.1. The minimum Gasteiger partial charge on any atom is -0.466 e. The van der Waals surface area contributed by atoms with E-state index in [0.717, 1.165) is 69.2 Å². The van der Waals surface area contributed by atoms with Crippen LogP contribution >= 0.6 is 0 Å². The molecule has 550 valence electrons. The highest BCUT2D eigenvalue weighted by atomic mass is 28.4. The lowest BCUT2D eigenvalue weighted by Crippen LogP contribution is -2.47. The highest BCUT2D eigenvalue weighted by Crippen LogP contribution is 2.51. The molecule has 0 heterocycles. The van der Waals surface area contributed by atoms with Gasteiger partial charge in [0.1, 0.15) is 25.9 Å². The number of hydrogen-bond acceptors (Lipinski definition) is 20. The molecule has 0 saturated heterocycles. The molecule has 7 atom stereocenters. The number of nitrogens with one attached hydrogen (secondary N) is 3. The maximum Gasteiger partial charge on any atom is 0.508 e. The summed E-state index contributed by atoms with van der Waals surface area (Å²) in [6.07, 6.45) is 14.2. The normalized spacial score (nSPS) is 23.0. The first-order valence-corrected chi connectivity index (χ1v) is 41.4. The Kier molecular flexibility index (Phi) is 35.6. The van der Waals surface area contributed by atoms with Crippen LogP contribution < -0.4 is 16.0 Å². The smallest absolute Gasteiger partial charge is 0.466 e. The minimum absolute atomic E-state index is 0.0138. The molecule has 3 N–H and O–H groups in total. The van der Waals surface area contributed by atoms with Crippen molar-refractivity contribution in [2.75, 3.05) is 59.5 Å². The lowest BCUT2D eigenvalue weighted by atomic mass is 9.61. The molecule has 3 saturated carbocycles. The molecule has 23 nitrogen and oxygen atoms in total. The van der Waals surface area contributed by atoms with Gasteiger partial charge in [0.25, 0.3) is 0 Å². The summed E-state index contributed by atoms with van der Waals surface area (Å²) in [6, 6.07) is 1.29. The predicted molar refractivity (Wildman–Crippen MR) is 369 cm³/mol. The predicted octanol–water partition coefficient (Wildman–Crippen LogP) is 14.4. The first-order valence-electron chi connectivity index (χ1n) is 35.1. The molecule has 3 aliphatic rings. The molecule has 3 amide bonds. The summed E-state index contributed by atoms with van der Waals surface area (Å²) in [7, 11) is -4.24. The summed E-state index contributed by atoms with van der Waals surface area (Å²) in [5, 5.41) is 9.18. The summed E-state index contributed by atoms with van der Waals surface area (Å²) < 4.78 is 60.2. The van der Waals surface area contributed by atoms with Crippen molar-refractivity contribution in [1.82, 2.24) is 16.0 Å². The Balaban J connectivity index is 1.21. The van der Waals surface area contributed by atoms with Crippen molar-refractivity contribution in [3.8, 4) is 0 Å². The van der Waals surface area contributed by atoms with Crippen LogP contribution in [0.3, 0.4) is 0 Å². The van der Waals surface area contributed by atoms with Crippen molar-refractivity contribution in [3.63, 3.8) is 0 Å². The molecule has 0 aromatic heterocycles. The van der Waals surface area contributed by atoms with Crippen molar-refractivity contribution in [1.29, 1.82) is 0 Å². The summed E-state index contributed by atoms with van der Waals surface area (Å²) >= 11 is 0. The number of ether oxygens (including phenoxy) is 10. The largest absolute Gasteiger partial charge is 0.508 e. The van der Waals surface area contributed by atoms with Crippen LogP contribution in [-0.2, 0) is 75.5 Å². The van der Waals surface area contributed by atoms with Gasteiger partial charge in [0.15, 0.2) is 16.6 Å². The Bertz CT molecular complexity index is 2530. The van der Waals surface area contributed by atoms with Crippen LogP contribution in [0.25, 0.3) is 0 Å². The third-order valence-corrected chi connectivity index (χ3v) is 25.7. The first-order chi connectivity index (χ1) is 44.7. The monoisotopic (exact) mass is 1390 g/mol. The van der Waals surface area contributed by atoms with Gasteiger partial charge in [-0.3, -0.25) is 14.4 Å². The Morgan fingerprint density at radius 2 is 0.740 bits per heavy atom. The fourth-order valence-corrected chi connectivity index (χ4v) is 24.1. The van der Waals surface area contributed by atoms with E-state index < -0.39 is 59.1 Å². The number of amides is 3. The highest BCUT2D eigenvalue weighted by molar-refractivity contribution is 6.84. The summed E-state index contributed by atoms with van der Waals surface area (Å²) in [5.74, 6) is -2.05. The van der Waals surface area contributed by atoms with Crippen LogP contribution in [-0.4, -0.2) is 155 Å². The average Bonchev–Trinajstić information content (AvgIpc) is 0.814. The molecule has 0 aromatic carbocycles. The number of carbonyl (C=O) groups is 9. The van der Waals surface area contributed by atoms with E-state index in [2.05, 4.69) is 118 Å². The van der Waals surface area contributed by atoms with Gasteiger partial charge in [-0.25, -0.2) is 28.8 Å². The minimum atomic E-state index is -2.12. The molecule has 0 bridgehead atoms. The van der Waals surface area contributed by atoms with Crippen molar-refractivity contribution in [3.05, 3.63) is 25.3 Å². The van der Waals surface area contributed by atoms with Crippen LogP contribution in [0.5, 0.6) is 0 Å². The van der Waals surface area contributed by atoms with E-state index in [4.69, 9.17) is 51.5 Å². The van der Waals surface area contributed by atoms with E-state index in [-0.39, 0.29) is 147 Å². The van der Waals surface area contributed by atoms with Gasteiger partial charge in [-0.05, 0) is 206 Å². The van der Waals surface area contributed by atoms with Crippen LogP contribution in [0, 0.1) is 32.5 Å². The van der Waals surface area contributed by atoms with E-state index >= 15 is 0 Å². The van der Waals surface area contributed by atoms with Gasteiger partial charge < -0.3 is 67.4 Å². The molecule has 3 aliphatic carbocycles. The number of rotatable bonds is 42. The SMILES string of the molecule is C=CC(=O)OCCOC(=O)CCC1(C)CC(NC(=O)OCCC[Si](C)(C)O[Si](C)(C)CCCOC(=O)NC2CC(C)(C)CC(C)(CCC(=O)OCCCCCOC(=O)OCCCCCOC(=O)CCC3(C)CC(NC(=O)OC(C)COC(=O)C=C)CC(C)(C)C3)C2)CC(C)(C)C1. The van der Waals surface area contributed by atoms with E-state index in [1.807, 2.05) is 0 Å². The van der Waals surface area contributed by atoms with Crippen LogP contribution in [0.1, 0.15) is 217 Å². The molecule has 0 aliphatic heterocycles. The third-order valence-electron chi connectivity index (χ3n) is 18.2. The Hall–Kier alpha value is -5.70. The molecule has 25 heteroatoms. The molecule has 7 unspecified atom stereocenters. The zero-order valence-corrected chi connectivity index (χ0v) is 63.1. The Morgan fingerprint density at radius 1 is 0.417 bits per heavy atom. The molecule has 3 fully saturated rings. The van der Waals surface area contributed by atoms with Gasteiger partial charge in [-0.2, -0.15) is 0 Å². The summed E-state index contributed by atoms with van der Waals surface area (Å²) in [5.41, 5.74) is -0.785. The summed E-state index contributed by atoms with van der Waals surface area (Å²) in [6.45, 7) is 37.9. The van der Waals surface area contributed by atoms with Crippen LogP contribution in [0.15, 0.2) is 25.3 Å². The molecule has 0 spiro atoms. The standard InChI is InChI=1S/C71H123N3O20Si2/c1-17-57(75)86-39-40-87-61(79)29-32-70(11)47-55(44-67(6,7)51-70)73-63(81)89-38-26-42-96(15,16)94-95(13,14)41-25-37-88-62(80)72-54-43-66(4,5)50-69(10,46-54)30-27-59(77)84-33-21-19-23-35-90-65(83)91-36-24-20-22-34-85-60(78)28-31-71(12)48-56(45-68(8,9)52-71)74-64(82)93-53(3)49-92-58(76)18-2/h17-18,53-56H,1-2,19-52H2,3-16H3,(H,72,80)(H,73,81)(H,74,82). The van der Waals surface area contributed by atoms with Crippen molar-refractivity contribution >= 4 is 70.9 Å². The van der Waals surface area contributed by atoms with Gasteiger partial charge in [-0.1, -0.05) is 75.5 Å². The second-order valence-corrected chi connectivity index (χ2v) is 40.8. The van der Waals surface area contributed by atoms with Crippen molar-refractivity contribution < 1.29 is 94.6 Å². The number of esters is 5. The second-order valence-electron chi connectivity index (χ2n) is 32.0. The molecule has 96 heavy (non-hydrogen) atoms. The van der Waals surface area contributed by atoms with Gasteiger partial charge in [0.05, 0.1) is 39.6 Å². The lowest BCUT2D eigenvalue weighted by Gasteiger charge is -2.46. The van der Waals surface area contributed by atoms with E-state index in [1.165, 1.54) is 0 Å². The molecular weight excluding hydrogens is 1270 g/mol. The molecule has 0 aromatic rings. The second kappa shape index (κ2) is 40.4. The molecule has 0 radical (unpaired) electrons. The third kappa shape index (κ3) is 37.3. The first kappa shape index (κ1) is 84.5. The maximum atomic E-state index is 13.1. The zero-order valence-electron chi connectivity index (χ0n) is 61.1. The molecule has 3 rings (SSSR count). The number of hydrogen-bond donors (Lipinski definition) is 3. The fourth-order valence-electron chi connectivity index (χ4n) is 15.3. The fraction of sp³-hybridized carbons (Fsp3) is 0.817. The van der Waals surface area contributed by atoms with Gasteiger partial charge in [-0.15, -0.1) is 0 Å². The van der Waals surface area contributed by atoms with Gasteiger partial charge in [0.2, 0.25) is 0 Å². The number of alkyl carbamates (subject to hydrolysis) is 3. The van der Waals surface area contributed by atoms with Crippen LogP contribution in [0.2, 0.25) is 38.3 Å². The topological polar surface area (TPSA) is 291 Å². The van der Waals surface area contributed by atoms with Gasteiger partial charge in [0, 0.05) is 49.5 Å². The lowest BCUT2D eigenvalue weighted by molar-refractivity contribution is -0.150. The Morgan fingerprint density at radius 3 is 1.11 bits per heavy atom. The number of unbranched alkanes of at least 4 members (excludes halogenated alkanes) is 4. The van der Waals surface area contributed by atoms with E-state index in [1.54, 1.807) is 6.92 Å². The Labute approximate surface area is 575 Å². The van der Waals surface area contributed by atoms with E-state index in [9.17, 15) is 43.2 Å². The average molecular weight is 1390 g/mol. The highest BCUT2D eigenvalue weighted by Gasteiger charge is 2.45.